The minimum Gasteiger partial charge on any atom is -0.375 e. The van der Waals surface area contributed by atoms with Crippen molar-refractivity contribution in [1.29, 1.82) is 0 Å². The van der Waals surface area contributed by atoms with Crippen molar-refractivity contribution in [1.82, 2.24) is 0 Å². The molecule has 0 aromatic carbocycles. The predicted molar refractivity (Wildman–Crippen MR) is 60.8 cm³/mol. The van der Waals surface area contributed by atoms with Crippen molar-refractivity contribution in [2.24, 2.45) is 4.99 Å². The highest BCUT2D eigenvalue weighted by Gasteiger charge is 2.21. The van der Waals surface area contributed by atoms with E-state index in [1.54, 1.807) is 12.2 Å². The highest BCUT2D eigenvalue weighted by Crippen LogP contribution is 2.07. The number of rotatable bonds is 6. The largest absolute Gasteiger partial charge is 0.375 e. The average Bonchev–Trinajstić information content (AvgIpc) is 3.00. The van der Waals surface area contributed by atoms with Gasteiger partial charge in [0.25, 0.3) is 0 Å². The van der Waals surface area contributed by atoms with Crippen molar-refractivity contribution in [3.8, 4) is 0 Å². The van der Waals surface area contributed by atoms with Gasteiger partial charge in [0.15, 0.2) is 0 Å². The minimum absolute atomic E-state index is 0.384. The van der Waals surface area contributed by atoms with Crippen LogP contribution in [0.25, 0.3) is 0 Å². The van der Waals surface area contributed by atoms with Gasteiger partial charge in [0.05, 0.1) is 31.5 Å². The Labute approximate surface area is 90.1 Å². The van der Waals surface area contributed by atoms with Crippen molar-refractivity contribution in [2.75, 3.05) is 26.4 Å². The van der Waals surface area contributed by atoms with E-state index in [0.29, 0.717) is 19.3 Å². The molecule has 1 atom stereocenters. The molecule has 1 rings (SSSR count). The van der Waals surface area contributed by atoms with Gasteiger partial charge >= 0.3 is 0 Å². The number of hydrogen-bond acceptors (Lipinski definition) is 4. The fourth-order valence-electron chi connectivity index (χ4n) is 0.549. The molecule has 0 amide bonds. The molecule has 0 aromatic rings. The summed E-state index contributed by atoms with van der Waals surface area (Å²) in [7, 11) is 0. The van der Waals surface area contributed by atoms with Crippen molar-refractivity contribution in [3.05, 3.63) is 25.3 Å². The van der Waals surface area contributed by atoms with Gasteiger partial charge in [-0.1, -0.05) is 12.2 Å². The van der Waals surface area contributed by atoms with Crippen LogP contribution in [-0.2, 0) is 9.47 Å². The van der Waals surface area contributed by atoms with Gasteiger partial charge in [0, 0.05) is 0 Å². The second-order valence-corrected chi connectivity index (χ2v) is 2.68. The molecule has 1 fully saturated rings. The minimum atomic E-state index is 0.384. The zero-order chi connectivity index (χ0) is 10.6. The molecular weight excluding hydrogens is 198 g/mol. The Balaban J connectivity index is 0.000000255. The van der Waals surface area contributed by atoms with Crippen LogP contribution in [0.1, 0.15) is 0 Å². The molecule has 1 saturated heterocycles. The third-order valence-corrected chi connectivity index (χ3v) is 1.36. The summed E-state index contributed by atoms with van der Waals surface area (Å²) in [6.07, 6.45) is 3.79. The van der Waals surface area contributed by atoms with Crippen LogP contribution in [0.15, 0.2) is 30.3 Å². The molecule has 1 aliphatic rings. The Morgan fingerprint density at radius 3 is 2.64 bits per heavy atom. The third-order valence-electron chi connectivity index (χ3n) is 1.23. The molecule has 14 heavy (non-hydrogen) atoms. The summed E-state index contributed by atoms with van der Waals surface area (Å²) in [6, 6.07) is 0. The standard InChI is InChI=1S/C6H10O2.C4H5NS/c1-2-3-7-4-6-5-8-6;1-2-3-5-4-6/h2,6H,1,3-5H2;2H,1,3H2. The molecule has 1 heterocycles. The predicted octanol–water partition coefficient (Wildman–Crippen LogP) is 1.86. The van der Waals surface area contributed by atoms with E-state index in [-0.39, 0.29) is 0 Å². The molecule has 1 unspecified atom stereocenters. The van der Waals surface area contributed by atoms with Crippen molar-refractivity contribution in [2.45, 2.75) is 6.10 Å². The number of epoxide rings is 1. The Kier molecular flexibility index (Phi) is 9.69. The number of ether oxygens (including phenoxy) is 2. The summed E-state index contributed by atoms with van der Waals surface area (Å²) >= 11 is 4.25. The summed E-state index contributed by atoms with van der Waals surface area (Å²) in [5.41, 5.74) is 0. The van der Waals surface area contributed by atoms with E-state index in [2.05, 4.69) is 35.5 Å². The summed E-state index contributed by atoms with van der Waals surface area (Å²) in [6.45, 7) is 9.76. The molecular formula is C10H15NO2S. The summed E-state index contributed by atoms with van der Waals surface area (Å²) in [5.74, 6) is 0. The fourth-order valence-corrected chi connectivity index (χ4v) is 0.623. The monoisotopic (exact) mass is 213 g/mol. The average molecular weight is 213 g/mol. The quantitative estimate of drug-likeness (QED) is 0.222. The SMILES string of the molecule is C=CCN=C=S.C=CCOCC1CO1. The van der Waals surface area contributed by atoms with Crippen LogP contribution < -0.4 is 0 Å². The number of nitrogens with zero attached hydrogens (tertiary/aromatic N) is 1. The van der Waals surface area contributed by atoms with E-state index in [1.165, 1.54) is 0 Å². The van der Waals surface area contributed by atoms with Crippen molar-refractivity contribution < 1.29 is 9.47 Å². The molecule has 1 aliphatic heterocycles. The second-order valence-electron chi connectivity index (χ2n) is 2.50. The van der Waals surface area contributed by atoms with Gasteiger partial charge in [-0.3, -0.25) is 0 Å². The lowest BCUT2D eigenvalue weighted by molar-refractivity contribution is 0.141. The van der Waals surface area contributed by atoms with Gasteiger partial charge in [-0.15, -0.1) is 13.2 Å². The lowest BCUT2D eigenvalue weighted by Crippen LogP contribution is -2.00. The molecule has 0 bridgehead atoms. The summed E-state index contributed by atoms with van der Waals surface area (Å²) < 4.78 is 9.96. The van der Waals surface area contributed by atoms with E-state index in [4.69, 9.17) is 9.47 Å². The zero-order valence-electron chi connectivity index (χ0n) is 8.15. The molecule has 78 valence electrons. The summed E-state index contributed by atoms with van der Waals surface area (Å²) in [5, 5.41) is 2.21. The highest BCUT2D eigenvalue weighted by atomic mass is 32.1. The normalized spacial score (nSPS) is 17.0. The molecule has 0 radical (unpaired) electrons. The Hall–Kier alpha value is -0.800. The maximum absolute atomic E-state index is 5.06. The van der Waals surface area contributed by atoms with Crippen LogP contribution in [0.2, 0.25) is 0 Å². The molecule has 0 aliphatic carbocycles. The first kappa shape index (κ1) is 13.2. The summed E-state index contributed by atoms with van der Waals surface area (Å²) in [4.78, 5) is 3.54. The van der Waals surface area contributed by atoms with Gasteiger partial charge < -0.3 is 9.47 Å². The van der Waals surface area contributed by atoms with E-state index in [1.807, 2.05) is 0 Å². The van der Waals surface area contributed by atoms with E-state index in [0.717, 1.165) is 13.2 Å². The maximum Gasteiger partial charge on any atom is 0.104 e. The Morgan fingerprint density at radius 1 is 1.57 bits per heavy atom. The first-order valence-electron chi connectivity index (χ1n) is 4.30. The molecule has 3 nitrogen and oxygen atoms in total. The van der Waals surface area contributed by atoms with Crippen LogP contribution in [0, 0.1) is 0 Å². The lowest BCUT2D eigenvalue weighted by Gasteiger charge is -1.92. The zero-order valence-corrected chi connectivity index (χ0v) is 8.96. The van der Waals surface area contributed by atoms with E-state index in [9.17, 15) is 0 Å². The maximum atomic E-state index is 5.06. The highest BCUT2D eigenvalue weighted by molar-refractivity contribution is 7.78. The van der Waals surface area contributed by atoms with Gasteiger partial charge in [-0.05, 0) is 12.2 Å². The molecule has 4 heteroatoms. The lowest BCUT2D eigenvalue weighted by atomic mass is 10.5. The van der Waals surface area contributed by atoms with Gasteiger partial charge in [-0.2, -0.15) is 0 Å². The van der Waals surface area contributed by atoms with Gasteiger partial charge in [-0.25, -0.2) is 4.99 Å². The smallest absolute Gasteiger partial charge is 0.104 e. The van der Waals surface area contributed by atoms with Crippen LogP contribution in [0.4, 0.5) is 0 Å². The van der Waals surface area contributed by atoms with Crippen LogP contribution in [0.5, 0.6) is 0 Å². The second kappa shape index (κ2) is 10.3. The van der Waals surface area contributed by atoms with Gasteiger partial charge in [0.1, 0.15) is 6.10 Å². The van der Waals surface area contributed by atoms with Crippen molar-refractivity contribution >= 4 is 17.4 Å². The molecule has 0 saturated carbocycles. The first-order chi connectivity index (χ1) is 6.85. The van der Waals surface area contributed by atoms with Crippen LogP contribution in [-0.4, -0.2) is 37.6 Å². The Morgan fingerprint density at radius 2 is 2.29 bits per heavy atom. The van der Waals surface area contributed by atoms with Crippen LogP contribution >= 0.6 is 12.2 Å². The first-order valence-corrected chi connectivity index (χ1v) is 4.70. The Bertz CT molecular complexity index is 208. The van der Waals surface area contributed by atoms with Crippen molar-refractivity contribution in [3.63, 3.8) is 0 Å². The van der Waals surface area contributed by atoms with E-state index < -0.39 is 0 Å². The number of isothiocyanates is 1. The fraction of sp³-hybridized carbons (Fsp3) is 0.500. The van der Waals surface area contributed by atoms with Crippen LogP contribution in [0.3, 0.4) is 0 Å². The topological polar surface area (TPSA) is 34.1 Å². The van der Waals surface area contributed by atoms with E-state index >= 15 is 0 Å². The number of thiocarbonyl (C=S) groups is 1. The molecule has 0 spiro atoms. The third kappa shape index (κ3) is 11.2. The number of aliphatic imine (C=N–C) groups is 1. The molecule has 0 N–H and O–H groups in total. The van der Waals surface area contributed by atoms with Gasteiger partial charge in [0.2, 0.25) is 0 Å². The number of hydrogen-bond donors (Lipinski definition) is 0. The molecule has 0 aromatic heterocycles.